The van der Waals surface area contributed by atoms with Crippen LogP contribution < -0.4 is 16.4 Å². The monoisotopic (exact) mass is 300 g/mol. The number of amides is 1. The quantitative estimate of drug-likeness (QED) is 0.814. The second-order valence-electron chi connectivity index (χ2n) is 3.57. The third kappa shape index (κ3) is 2.94. The molecule has 0 unspecified atom stereocenters. The third-order valence-electron chi connectivity index (χ3n) is 2.25. The number of halogens is 2. The van der Waals surface area contributed by atoms with Crippen molar-refractivity contribution in [3.63, 3.8) is 0 Å². The van der Waals surface area contributed by atoms with E-state index in [4.69, 9.17) is 17.3 Å². The van der Waals surface area contributed by atoms with E-state index in [0.29, 0.717) is 10.8 Å². The number of benzene rings is 1. The molecule has 0 atom stereocenters. The van der Waals surface area contributed by atoms with Crippen LogP contribution in [0.5, 0.6) is 0 Å². The molecular weight excluding hydrogens is 291 g/mol. The molecule has 2 aromatic rings. The van der Waals surface area contributed by atoms with E-state index in [1.165, 1.54) is 18.2 Å². The Bertz CT molecular complexity index is 631. The van der Waals surface area contributed by atoms with E-state index in [0.717, 1.165) is 11.3 Å². The predicted octanol–water partition coefficient (Wildman–Crippen LogP) is 2.81. The number of nitrogens with one attached hydrogen (secondary N) is 2. The number of aromatic nitrogens is 1. The van der Waals surface area contributed by atoms with E-state index in [2.05, 4.69) is 15.6 Å². The van der Waals surface area contributed by atoms with E-state index < -0.39 is 11.7 Å². The summed E-state index contributed by atoms with van der Waals surface area (Å²) < 4.78 is 13.0. The average molecular weight is 301 g/mol. The van der Waals surface area contributed by atoms with Gasteiger partial charge in [-0.3, -0.25) is 4.79 Å². The van der Waals surface area contributed by atoms with Crippen molar-refractivity contribution >= 4 is 45.5 Å². The molecule has 2 rings (SSSR count). The van der Waals surface area contributed by atoms with Crippen molar-refractivity contribution in [3.05, 3.63) is 33.9 Å². The van der Waals surface area contributed by atoms with Crippen LogP contribution >= 0.6 is 22.9 Å². The predicted molar refractivity (Wildman–Crippen MR) is 75.4 cm³/mol. The third-order valence-corrected chi connectivity index (χ3v) is 3.63. The Labute approximate surface area is 117 Å². The maximum Gasteiger partial charge on any atom is 0.269 e. The van der Waals surface area contributed by atoms with E-state index in [9.17, 15) is 9.18 Å². The first-order chi connectivity index (χ1) is 9.01. The van der Waals surface area contributed by atoms with Gasteiger partial charge in [-0.1, -0.05) is 22.9 Å². The van der Waals surface area contributed by atoms with Gasteiger partial charge in [0.15, 0.2) is 5.13 Å². The first-order valence-electron chi connectivity index (χ1n) is 5.21. The lowest BCUT2D eigenvalue weighted by Gasteiger charge is -2.04. The summed E-state index contributed by atoms with van der Waals surface area (Å²) in [6.45, 7) is 0. The molecule has 1 heterocycles. The van der Waals surface area contributed by atoms with Gasteiger partial charge in [0.25, 0.3) is 5.91 Å². The summed E-state index contributed by atoms with van der Waals surface area (Å²) in [6, 6.07) is 3.91. The summed E-state index contributed by atoms with van der Waals surface area (Å²) >= 11 is 6.76. The van der Waals surface area contributed by atoms with Crippen LogP contribution in [0.15, 0.2) is 18.2 Å². The zero-order chi connectivity index (χ0) is 14.0. The number of anilines is 3. The molecule has 0 fully saturated rings. The smallest absolute Gasteiger partial charge is 0.269 e. The van der Waals surface area contributed by atoms with Gasteiger partial charge in [-0.15, -0.1) is 0 Å². The van der Waals surface area contributed by atoms with Crippen LogP contribution in [-0.4, -0.2) is 17.9 Å². The molecule has 1 aromatic heterocycles. The Kier molecular flexibility index (Phi) is 3.87. The van der Waals surface area contributed by atoms with E-state index in [-0.39, 0.29) is 15.7 Å². The summed E-state index contributed by atoms with van der Waals surface area (Å²) in [7, 11) is 1.68. The Morgan fingerprint density at radius 1 is 1.53 bits per heavy atom. The lowest BCUT2D eigenvalue weighted by molar-refractivity contribution is 0.103. The van der Waals surface area contributed by atoms with Crippen LogP contribution in [-0.2, 0) is 0 Å². The largest absolute Gasteiger partial charge is 0.382 e. The van der Waals surface area contributed by atoms with Crippen LogP contribution in [0.3, 0.4) is 0 Å². The summed E-state index contributed by atoms with van der Waals surface area (Å²) in [4.78, 5) is 16.2. The molecule has 0 aliphatic carbocycles. The first kappa shape index (κ1) is 13.6. The Balaban J connectivity index is 2.20. The summed E-state index contributed by atoms with van der Waals surface area (Å²) in [5.41, 5.74) is 6.02. The van der Waals surface area contributed by atoms with Gasteiger partial charge in [-0.05, 0) is 18.2 Å². The number of hydrogen-bond acceptors (Lipinski definition) is 5. The molecule has 1 amide bonds. The number of hydrogen-bond donors (Lipinski definition) is 3. The fourth-order valence-electron chi connectivity index (χ4n) is 1.36. The molecule has 0 radical (unpaired) electrons. The normalized spacial score (nSPS) is 10.3. The van der Waals surface area contributed by atoms with Crippen molar-refractivity contribution in [1.29, 1.82) is 0 Å². The zero-order valence-electron chi connectivity index (χ0n) is 9.83. The Morgan fingerprint density at radius 2 is 2.26 bits per heavy atom. The molecule has 0 spiro atoms. The van der Waals surface area contributed by atoms with Gasteiger partial charge in [-0.2, -0.15) is 0 Å². The van der Waals surface area contributed by atoms with Gasteiger partial charge >= 0.3 is 0 Å². The van der Waals surface area contributed by atoms with Gasteiger partial charge in [0, 0.05) is 12.7 Å². The van der Waals surface area contributed by atoms with Gasteiger partial charge in [-0.25, -0.2) is 9.37 Å². The van der Waals surface area contributed by atoms with Crippen LogP contribution in [0.2, 0.25) is 5.02 Å². The molecule has 19 heavy (non-hydrogen) atoms. The molecule has 0 saturated heterocycles. The molecule has 0 aliphatic rings. The minimum absolute atomic E-state index is 0.0639. The maximum absolute atomic E-state index is 13.0. The molecule has 100 valence electrons. The van der Waals surface area contributed by atoms with Crippen LogP contribution in [0.1, 0.15) is 9.67 Å². The minimum atomic E-state index is -0.547. The van der Waals surface area contributed by atoms with E-state index in [1.54, 1.807) is 7.05 Å². The van der Waals surface area contributed by atoms with Crippen molar-refractivity contribution in [1.82, 2.24) is 4.98 Å². The zero-order valence-corrected chi connectivity index (χ0v) is 11.4. The minimum Gasteiger partial charge on any atom is -0.382 e. The van der Waals surface area contributed by atoms with Crippen molar-refractivity contribution in [2.24, 2.45) is 0 Å². The second-order valence-corrected chi connectivity index (χ2v) is 4.97. The van der Waals surface area contributed by atoms with Gasteiger partial charge in [0.1, 0.15) is 16.5 Å². The molecule has 8 heteroatoms. The summed E-state index contributed by atoms with van der Waals surface area (Å²) in [6.07, 6.45) is 0. The number of carbonyl (C=O) groups is 1. The molecule has 0 aliphatic heterocycles. The molecule has 0 saturated carbocycles. The van der Waals surface area contributed by atoms with Crippen molar-refractivity contribution in [3.8, 4) is 0 Å². The highest BCUT2D eigenvalue weighted by atomic mass is 35.5. The van der Waals surface area contributed by atoms with E-state index in [1.807, 2.05) is 0 Å². The van der Waals surface area contributed by atoms with Crippen molar-refractivity contribution < 1.29 is 9.18 Å². The van der Waals surface area contributed by atoms with Crippen molar-refractivity contribution in [2.45, 2.75) is 0 Å². The maximum atomic E-state index is 13.0. The standard InChI is InChI=1S/C11H10ClFN4OS/c1-15-11-17-9(14)8(19-11)10(18)16-5-2-3-7(13)6(12)4-5/h2-4H,14H2,1H3,(H,15,17)(H,16,18). The van der Waals surface area contributed by atoms with Crippen LogP contribution in [0, 0.1) is 5.82 Å². The highest BCUT2D eigenvalue weighted by Crippen LogP contribution is 2.26. The highest BCUT2D eigenvalue weighted by Gasteiger charge is 2.16. The Morgan fingerprint density at radius 3 is 2.84 bits per heavy atom. The van der Waals surface area contributed by atoms with Gasteiger partial charge in [0.2, 0.25) is 0 Å². The fourth-order valence-corrected chi connectivity index (χ4v) is 2.28. The lowest BCUT2D eigenvalue weighted by Crippen LogP contribution is -2.12. The topological polar surface area (TPSA) is 80.0 Å². The highest BCUT2D eigenvalue weighted by molar-refractivity contribution is 7.18. The van der Waals surface area contributed by atoms with E-state index >= 15 is 0 Å². The second kappa shape index (κ2) is 5.41. The molecule has 5 nitrogen and oxygen atoms in total. The van der Waals surface area contributed by atoms with Gasteiger partial charge < -0.3 is 16.4 Å². The summed E-state index contributed by atoms with van der Waals surface area (Å²) in [5, 5.41) is 5.85. The number of carbonyl (C=O) groups excluding carboxylic acids is 1. The molecule has 1 aromatic carbocycles. The van der Waals surface area contributed by atoms with Crippen molar-refractivity contribution in [2.75, 3.05) is 23.4 Å². The molecule has 4 N–H and O–H groups in total. The lowest BCUT2D eigenvalue weighted by atomic mass is 10.3. The van der Waals surface area contributed by atoms with Crippen LogP contribution in [0.4, 0.5) is 21.0 Å². The number of rotatable bonds is 3. The number of nitrogen functional groups attached to an aromatic ring is 1. The first-order valence-corrected chi connectivity index (χ1v) is 6.41. The summed E-state index contributed by atoms with van der Waals surface area (Å²) in [5.74, 6) is -0.825. The Hall–Kier alpha value is -1.86. The number of nitrogens with zero attached hydrogens (tertiary/aromatic N) is 1. The average Bonchev–Trinajstić information content (AvgIpc) is 2.75. The SMILES string of the molecule is CNc1nc(N)c(C(=O)Nc2ccc(F)c(Cl)c2)s1. The number of thiazole rings is 1. The number of nitrogens with two attached hydrogens (primary N) is 1. The molecular formula is C11H10ClFN4OS. The van der Waals surface area contributed by atoms with Crippen LogP contribution in [0.25, 0.3) is 0 Å². The van der Waals surface area contributed by atoms with Gasteiger partial charge in [0.05, 0.1) is 5.02 Å². The fraction of sp³-hybridized carbons (Fsp3) is 0.0909. The molecule has 0 bridgehead atoms.